The first-order valence-corrected chi connectivity index (χ1v) is 4.52. The number of hydrogen-bond donors (Lipinski definition) is 2. The highest BCUT2D eigenvalue weighted by Crippen LogP contribution is 2.18. The molecule has 0 atom stereocenters. The predicted octanol–water partition coefficient (Wildman–Crippen LogP) is 1.55. The number of benzene rings is 1. The molecule has 0 radical (unpaired) electrons. The zero-order valence-corrected chi connectivity index (χ0v) is 8.16. The molecule has 16 heavy (non-hydrogen) atoms. The second-order valence-corrected chi connectivity index (χ2v) is 3.12. The van der Waals surface area contributed by atoms with Crippen LogP contribution in [0.5, 0.6) is 5.75 Å². The van der Waals surface area contributed by atoms with E-state index in [0.717, 1.165) is 0 Å². The van der Waals surface area contributed by atoms with E-state index in [9.17, 15) is 4.79 Å². The summed E-state index contributed by atoms with van der Waals surface area (Å²) in [5.74, 6) is -0.638. The molecule has 0 fully saturated rings. The quantitative estimate of drug-likeness (QED) is 0.795. The Kier molecular flexibility index (Phi) is 2.51. The predicted molar refractivity (Wildman–Crippen MR) is 56.1 cm³/mol. The lowest BCUT2D eigenvalue weighted by atomic mass is 10.2. The lowest BCUT2D eigenvalue weighted by molar-refractivity contribution is 0.0690. The van der Waals surface area contributed by atoms with Gasteiger partial charge in [-0.2, -0.15) is 0 Å². The summed E-state index contributed by atoms with van der Waals surface area (Å²) in [6.45, 7) is 0. The number of aromatic hydroxyl groups is 1. The molecule has 1 aromatic carbocycles. The van der Waals surface area contributed by atoms with E-state index >= 15 is 0 Å². The number of carbonyl (C=O) groups is 1. The molecule has 1 aromatic heterocycles. The molecule has 0 aliphatic heterocycles. The van der Waals surface area contributed by atoms with Crippen molar-refractivity contribution < 1.29 is 15.0 Å². The van der Waals surface area contributed by atoms with Crippen molar-refractivity contribution in [1.29, 1.82) is 0 Å². The Balaban J connectivity index is 2.44. The highest BCUT2D eigenvalue weighted by Gasteiger charge is 2.07. The van der Waals surface area contributed by atoms with Gasteiger partial charge in [-0.1, -0.05) is 0 Å². The van der Waals surface area contributed by atoms with Crippen molar-refractivity contribution in [2.24, 2.45) is 0 Å². The minimum atomic E-state index is -1.09. The molecule has 0 aliphatic rings. The minimum absolute atomic E-state index is 0.0573. The topological polar surface area (TPSA) is 83.3 Å². The molecule has 0 unspecified atom stereocenters. The summed E-state index contributed by atoms with van der Waals surface area (Å²) in [4.78, 5) is 18.6. The van der Waals surface area contributed by atoms with Crippen LogP contribution in [0.15, 0.2) is 36.5 Å². The maximum absolute atomic E-state index is 10.7. The van der Waals surface area contributed by atoms with Gasteiger partial charge in [0.1, 0.15) is 5.75 Å². The zero-order valence-electron chi connectivity index (χ0n) is 8.16. The van der Waals surface area contributed by atoms with Gasteiger partial charge >= 0.3 is 5.97 Å². The Bertz CT molecular complexity index is 523. The average molecular weight is 216 g/mol. The monoisotopic (exact) mass is 216 g/mol. The first-order valence-electron chi connectivity index (χ1n) is 4.52. The first-order chi connectivity index (χ1) is 7.66. The van der Waals surface area contributed by atoms with E-state index in [2.05, 4.69) is 9.97 Å². The summed E-state index contributed by atoms with van der Waals surface area (Å²) in [5, 5.41) is 17.9. The number of aromatic carboxylic acids is 1. The Labute approximate surface area is 91.0 Å². The maximum Gasteiger partial charge on any atom is 0.354 e. The van der Waals surface area contributed by atoms with Crippen LogP contribution < -0.4 is 0 Å². The van der Waals surface area contributed by atoms with Gasteiger partial charge in [-0.3, -0.25) is 0 Å². The van der Waals surface area contributed by atoms with Gasteiger partial charge < -0.3 is 10.2 Å². The Morgan fingerprint density at radius 3 is 2.44 bits per heavy atom. The minimum Gasteiger partial charge on any atom is -0.508 e. The number of hydrogen-bond acceptors (Lipinski definition) is 4. The summed E-state index contributed by atoms with van der Waals surface area (Å²) >= 11 is 0. The summed E-state index contributed by atoms with van der Waals surface area (Å²) in [5.41, 5.74) is 0.596. The molecule has 1 heterocycles. The molecular weight excluding hydrogens is 208 g/mol. The molecule has 2 rings (SSSR count). The molecular formula is C11H8N2O3. The number of carboxylic acid groups (broad SMARTS) is 1. The van der Waals surface area contributed by atoms with Crippen LogP contribution in [0.25, 0.3) is 11.4 Å². The molecule has 0 amide bonds. The fraction of sp³-hybridized carbons (Fsp3) is 0. The number of carboxylic acids is 1. The molecule has 0 spiro atoms. The molecule has 0 saturated heterocycles. The summed E-state index contributed by atoms with van der Waals surface area (Å²) in [7, 11) is 0. The van der Waals surface area contributed by atoms with Crippen LogP contribution in [0.2, 0.25) is 0 Å². The van der Waals surface area contributed by atoms with E-state index in [-0.39, 0.29) is 11.4 Å². The molecule has 0 bridgehead atoms. The third-order valence-corrected chi connectivity index (χ3v) is 2.00. The summed E-state index contributed by atoms with van der Waals surface area (Å²) < 4.78 is 0. The largest absolute Gasteiger partial charge is 0.508 e. The highest BCUT2D eigenvalue weighted by molar-refractivity contribution is 5.85. The van der Waals surface area contributed by atoms with Crippen LogP contribution in [0.1, 0.15) is 10.5 Å². The van der Waals surface area contributed by atoms with Gasteiger partial charge in [0.2, 0.25) is 0 Å². The van der Waals surface area contributed by atoms with Crippen molar-refractivity contribution in [3.05, 3.63) is 42.2 Å². The SMILES string of the molecule is O=C(O)c1ccnc(-c2ccc(O)cc2)n1. The van der Waals surface area contributed by atoms with Gasteiger partial charge in [-0.05, 0) is 30.3 Å². The van der Waals surface area contributed by atoms with Crippen LogP contribution in [0.4, 0.5) is 0 Å². The molecule has 2 N–H and O–H groups in total. The van der Waals surface area contributed by atoms with Crippen LogP contribution in [0, 0.1) is 0 Å². The van der Waals surface area contributed by atoms with Gasteiger partial charge in [0.25, 0.3) is 0 Å². The molecule has 0 aliphatic carbocycles. The van der Waals surface area contributed by atoms with Crippen molar-refractivity contribution in [1.82, 2.24) is 9.97 Å². The van der Waals surface area contributed by atoms with E-state index in [1.54, 1.807) is 12.1 Å². The van der Waals surface area contributed by atoms with E-state index in [0.29, 0.717) is 11.4 Å². The fourth-order valence-corrected chi connectivity index (χ4v) is 1.23. The molecule has 5 nitrogen and oxygen atoms in total. The van der Waals surface area contributed by atoms with Gasteiger partial charge in [-0.25, -0.2) is 14.8 Å². The fourth-order valence-electron chi connectivity index (χ4n) is 1.23. The van der Waals surface area contributed by atoms with E-state index in [1.165, 1.54) is 24.4 Å². The Hall–Kier alpha value is -2.43. The average Bonchev–Trinajstić information content (AvgIpc) is 2.30. The molecule has 2 aromatic rings. The summed E-state index contributed by atoms with van der Waals surface area (Å²) in [6.07, 6.45) is 1.39. The number of aromatic nitrogens is 2. The third kappa shape index (κ3) is 1.98. The number of phenolic OH excluding ortho intramolecular Hbond substituents is 1. The van der Waals surface area contributed by atoms with Crippen LogP contribution in [-0.4, -0.2) is 26.2 Å². The first kappa shape index (κ1) is 10.1. The molecule has 0 saturated carbocycles. The van der Waals surface area contributed by atoms with Gasteiger partial charge in [0.05, 0.1) is 0 Å². The van der Waals surface area contributed by atoms with Crippen LogP contribution >= 0.6 is 0 Å². The third-order valence-electron chi connectivity index (χ3n) is 2.00. The van der Waals surface area contributed by atoms with E-state index in [1.807, 2.05) is 0 Å². The van der Waals surface area contributed by atoms with Gasteiger partial charge in [0.15, 0.2) is 11.5 Å². The van der Waals surface area contributed by atoms with Crippen LogP contribution in [0.3, 0.4) is 0 Å². The maximum atomic E-state index is 10.7. The number of rotatable bonds is 2. The van der Waals surface area contributed by atoms with Gasteiger partial charge in [0, 0.05) is 11.8 Å². The van der Waals surface area contributed by atoms with Crippen molar-refractivity contribution >= 4 is 5.97 Å². The second-order valence-electron chi connectivity index (χ2n) is 3.12. The Morgan fingerprint density at radius 1 is 1.12 bits per heavy atom. The number of nitrogens with zero attached hydrogens (tertiary/aromatic N) is 2. The van der Waals surface area contributed by atoms with Crippen molar-refractivity contribution in [2.75, 3.05) is 0 Å². The van der Waals surface area contributed by atoms with Gasteiger partial charge in [-0.15, -0.1) is 0 Å². The highest BCUT2D eigenvalue weighted by atomic mass is 16.4. The van der Waals surface area contributed by atoms with Crippen molar-refractivity contribution in [3.8, 4) is 17.1 Å². The van der Waals surface area contributed by atoms with E-state index < -0.39 is 5.97 Å². The molecule has 80 valence electrons. The summed E-state index contributed by atoms with van der Waals surface area (Å²) in [6, 6.07) is 7.55. The van der Waals surface area contributed by atoms with E-state index in [4.69, 9.17) is 10.2 Å². The standard InChI is InChI=1S/C11H8N2O3/c14-8-3-1-7(2-4-8)10-12-6-5-9(13-10)11(15)16/h1-6,14H,(H,15,16). The second kappa shape index (κ2) is 3.98. The van der Waals surface area contributed by atoms with Crippen LogP contribution in [-0.2, 0) is 0 Å². The molecule has 5 heteroatoms. The number of phenols is 1. The lowest BCUT2D eigenvalue weighted by Gasteiger charge is -2.00. The van der Waals surface area contributed by atoms with Crippen molar-refractivity contribution in [2.45, 2.75) is 0 Å². The van der Waals surface area contributed by atoms with Crippen molar-refractivity contribution in [3.63, 3.8) is 0 Å². The normalized spacial score (nSPS) is 10.0. The zero-order chi connectivity index (χ0) is 11.5. The Morgan fingerprint density at radius 2 is 1.81 bits per heavy atom. The smallest absolute Gasteiger partial charge is 0.354 e. The lowest BCUT2D eigenvalue weighted by Crippen LogP contribution is -2.02.